The Morgan fingerprint density at radius 2 is 1.95 bits per heavy atom. The van der Waals surface area contributed by atoms with Crippen molar-refractivity contribution in [3.63, 3.8) is 0 Å². The molecule has 0 amide bonds. The summed E-state index contributed by atoms with van der Waals surface area (Å²) in [5.74, 6) is 0.569. The normalized spacial score (nSPS) is 10.7. The van der Waals surface area contributed by atoms with Gasteiger partial charge >= 0.3 is 0 Å². The molecule has 0 atom stereocenters. The average Bonchev–Trinajstić information content (AvgIpc) is 2.90. The van der Waals surface area contributed by atoms with Gasteiger partial charge in [0.15, 0.2) is 0 Å². The van der Waals surface area contributed by atoms with Crippen LogP contribution in [0.15, 0.2) is 53.0 Å². The second-order valence-electron chi connectivity index (χ2n) is 4.25. The Hall–Kier alpha value is -1.72. The van der Waals surface area contributed by atoms with Crippen LogP contribution in [0, 0.1) is 0 Å². The van der Waals surface area contributed by atoms with Crippen molar-refractivity contribution in [3.8, 4) is 11.4 Å². The van der Waals surface area contributed by atoms with Gasteiger partial charge in [-0.15, -0.1) is 10.2 Å². The number of hydrogen-bond acceptors (Lipinski definition) is 3. The summed E-state index contributed by atoms with van der Waals surface area (Å²) in [6.07, 6.45) is 0. The van der Waals surface area contributed by atoms with Crippen molar-refractivity contribution in [2.75, 3.05) is 0 Å². The molecule has 0 radical (unpaired) electrons. The first-order chi connectivity index (χ1) is 9.72. The van der Waals surface area contributed by atoms with Crippen LogP contribution in [0.3, 0.4) is 0 Å². The van der Waals surface area contributed by atoms with Gasteiger partial charge in [-0.1, -0.05) is 57.9 Å². The first-order valence-corrected chi connectivity index (χ1v) is 7.16. The zero-order valence-electron chi connectivity index (χ0n) is 10.4. The van der Waals surface area contributed by atoms with Gasteiger partial charge in [0.05, 0.1) is 6.54 Å². The molecule has 0 N–H and O–H groups in total. The predicted octanol–water partition coefficient (Wildman–Crippen LogP) is 3.80. The third-order valence-corrected chi connectivity index (χ3v) is 3.81. The molecular weight excluding hydrogens is 340 g/mol. The Balaban J connectivity index is 1.86. The maximum atomic E-state index is 5.96. The van der Waals surface area contributed by atoms with Gasteiger partial charge in [0, 0.05) is 15.1 Å². The lowest BCUT2D eigenvalue weighted by molar-refractivity contribution is 0.571. The van der Waals surface area contributed by atoms with Crippen molar-refractivity contribution in [2.45, 2.75) is 6.54 Å². The third-order valence-electron chi connectivity index (χ3n) is 2.81. The first kappa shape index (κ1) is 13.3. The van der Waals surface area contributed by atoms with Crippen molar-refractivity contribution in [3.05, 3.63) is 63.6 Å². The number of nitrogens with zero attached hydrogens (tertiary/aromatic N) is 4. The van der Waals surface area contributed by atoms with Gasteiger partial charge in [-0.05, 0) is 29.0 Å². The van der Waals surface area contributed by atoms with Gasteiger partial charge in [0.1, 0.15) is 0 Å². The van der Waals surface area contributed by atoms with Gasteiger partial charge in [-0.3, -0.25) is 0 Å². The Kier molecular flexibility index (Phi) is 3.80. The second-order valence-corrected chi connectivity index (χ2v) is 5.54. The standard InChI is InChI=1S/C14H10BrClN4/c15-13-7-2-1-4-11(13)9-20-18-14(17-19-20)10-5-3-6-12(16)8-10/h1-8H,9H2. The van der Waals surface area contributed by atoms with Crippen LogP contribution < -0.4 is 0 Å². The largest absolute Gasteiger partial charge is 0.204 e. The molecule has 0 saturated carbocycles. The van der Waals surface area contributed by atoms with E-state index in [9.17, 15) is 0 Å². The smallest absolute Gasteiger partial charge is 0.159 e. The lowest BCUT2D eigenvalue weighted by Crippen LogP contribution is -2.04. The molecule has 2 aromatic carbocycles. The number of tetrazole rings is 1. The summed E-state index contributed by atoms with van der Waals surface area (Å²) >= 11 is 9.47. The lowest BCUT2D eigenvalue weighted by atomic mass is 10.2. The van der Waals surface area contributed by atoms with Crippen LogP contribution in [0.4, 0.5) is 0 Å². The van der Waals surface area contributed by atoms with Crippen molar-refractivity contribution in [1.82, 2.24) is 20.2 Å². The van der Waals surface area contributed by atoms with Gasteiger partial charge in [-0.25, -0.2) is 0 Å². The molecule has 20 heavy (non-hydrogen) atoms. The number of benzene rings is 2. The molecule has 6 heteroatoms. The molecule has 3 rings (SSSR count). The van der Waals surface area contributed by atoms with Crippen LogP contribution in [-0.2, 0) is 6.54 Å². The van der Waals surface area contributed by atoms with Crippen LogP contribution in [0.2, 0.25) is 5.02 Å². The van der Waals surface area contributed by atoms with E-state index in [0.29, 0.717) is 17.4 Å². The predicted molar refractivity (Wildman–Crippen MR) is 81.5 cm³/mol. The molecule has 3 aromatic rings. The van der Waals surface area contributed by atoms with Crippen LogP contribution >= 0.6 is 27.5 Å². The highest BCUT2D eigenvalue weighted by Crippen LogP contribution is 2.19. The number of aromatic nitrogens is 4. The van der Waals surface area contributed by atoms with E-state index in [4.69, 9.17) is 11.6 Å². The van der Waals surface area contributed by atoms with E-state index in [1.54, 1.807) is 4.80 Å². The molecule has 0 unspecified atom stereocenters. The zero-order valence-corrected chi connectivity index (χ0v) is 12.7. The lowest BCUT2D eigenvalue weighted by Gasteiger charge is -2.01. The molecule has 0 spiro atoms. The summed E-state index contributed by atoms with van der Waals surface area (Å²) < 4.78 is 1.03. The highest BCUT2D eigenvalue weighted by molar-refractivity contribution is 9.10. The molecule has 0 aliphatic rings. The van der Waals surface area contributed by atoms with Crippen molar-refractivity contribution >= 4 is 27.5 Å². The molecule has 0 saturated heterocycles. The molecule has 0 aliphatic carbocycles. The van der Waals surface area contributed by atoms with Gasteiger partial charge < -0.3 is 0 Å². The number of rotatable bonds is 3. The fourth-order valence-corrected chi connectivity index (χ4v) is 2.43. The zero-order chi connectivity index (χ0) is 13.9. The minimum atomic E-state index is 0.564. The van der Waals surface area contributed by atoms with E-state index in [1.165, 1.54) is 0 Å². The summed E-state index contributed by atoms with van der Waals surface area (Å²) in [5.41, 5.74) is 1.96. The van der Waals surface area contributed by atoms with Crippen LogP contribution in [0.1, 0.15) is 5.56 Å². The fourth-order valence-electron chi connectivity index (χ4n) is 1.83. The maximum Gasteiger partial charge on any atom is 0.204 e. The van der Waals surface area contributed by atoms with Gasteiger partial charge in [-0.2, -0.15) is 4.80 Å². The van der Waals surface area contributed by atoms with Crippen LogP contribution in [0.25, 0.3) is 11.4 Å². The summed E-state index contributed by atoms with van der Waals surface area (Å²) in [6, 6.07) is 15.4. The molecule has 1 aromatic heterocycles. The molecule has 1 heterocycles. The highest BCUT2D eigenvalue weighted by atomic mass is 79.9. The van der Waals surface area contributed by atoms with E-state index in [2.05, 4.69) is 31.3 Å². The second kappa shape index (κ2) is 5.73. The fraction of sp³-hybridized carbons (Fsp3) is 0.0714. The van der Waals surface area contributed by atoms with E-state index in [-0.39, 0.29) is 0 Å². The molecular formula is C14H10BrClN4. The molecule has 0 aliphatic heterocycles. The minimum absolute atomic E-state index is 0.564. The van der Waals surface area contributed by atoms with Crippen molar-refractivity contribution in [1.29, 1.82) is 0 Å². The molecule has 0 bridgehead atoms. The van der Waals surface area contributed by atoms with Crippen molar-refractivity contribution < 1.29 is 0 Å². The Labute approximate surface area is 129 Å². The highest BCUT2D eigenvalue weighted by Gasteiger charge is 2.07. The van der Waals surface area contributed by atoms with Gasteiger partial charge in [0.2, 0.25) is 5.82 Å². The maximum absolute atomic E-state index is 5.96. The third kappa shape index (κ3) is 2.89. The topological polar surface area (TPSA) is 43.6 Å². The number of hydrogen-bond donors (Lipinski definition) is 0. The van der Waals surface area contributed by atoms with Crippen molar-refractivity contribution in [2.24, 2.45) is 0 Å². The molecule has 4 nitrogen and oxygen atoms in total. The van der Waals surface area contributed by atoms with Crippen LogP contribution in [-0.4, -0.2) is 20.2 Å². The van der Waals surface area contributed by atoms with E-state index in [1.807, 2.05) is 48.5 Å². The van der Waals surface area contributed by atoms with E-state index >= 15 is 0 Å². The Morgan fingerprint density at radius 3 is 2.75 bits per heavy atom. The van der Waals surface area contributed by atoms with Crippen LogP contribution in [0.5, 0.6) is 0 Å². The monoisotopic (exact) mass is 348 g/mol. The summed E-state index contributed by atoms with van der Waals surface area (Å²) in [5, 5.41) is 13.2. The molecule has 100 valence electrons. The first-order valence-electron chi connectivity index (χ1n) is 5.99. The Bertz CT molecular complexity index is 741. The quantitative estimate of drug-likeness (QED) is 0.722. The average molecular weight is 350 g/mol. The minimum Gasteiger partial charge on any atom is -0.159 e. The van der Waals surface area contributed by atoms with Gasteiger partial charge in [0.25, 0.3) is 0 Å². The number of halogens is 2. The van der Waals surface area contributed by atoms with E-state index < -0.39 is 0 Å². The Morgan fingerprint density at radius 1 is 1.10 bits per heavy atom. The SMILES string of the molecule is Clc1cccc(-c2nnn(Cc3ccccc3Br)n2)c1. The summed E-state index contributed by atoms with van der Waals surface area (Å²) in [6.45, 7) is 0.564. The summed E-state index contributed by atoms with van der Waals surface area (Å²) in [7, 11) is 0. The van der Waals surface area contributed by atoms with E-state index in [0.717, 1.165) is 15.6 Å². The summed E-state index contributed by atoms with van der Waals surface area (Å²) in [4.78, 5) is 1.57. The molecule has 0 fully saturated rings.